The van der Waals surface area contributed by atoms with Gasteiger partial charge in [0.25, 0.3) is 0 Å². The molecule has 0 fully saturated rings. The number of aromatic nitrogens is 3. The number of anilines is 1. The van der Waals surface area contributed by atoms with Crippen LogP contribution in [0, 0.1) is 20.8 Å². The summed E-state index contributed by atoms with van der Waals surface area (Å²) in [4.78, 5) is 12.0. The van der Waals surface area contributed by atoms with Crippen molar-refractivity contribution in [1.29, 1.82) is 0 Å². The minimum Gasteiger partial charge on any atom is -0.461 e. The fourth-order valence-corrected chi connectivity index (χ4v) is 1.87. The number of nitrogens with two attached hydrogens (primary N) is 1. The summed E-state index contributed by atoms with van der Waals surface area (Å²) in [5.41, 5.74) is 8.95. The quantitative estimate of drug-likeness (QED) is 0.931. The molecule has 0 aliphatic carbocycles. The highest BCUT2D eigenvalue weighted by molar-refractivity contribution is 5.43. The zero-order valence-corrected chi connectivity index (χ0v) is 13.0. The summed E-state index contributed by atoms with van der Waals surface area (Å²) in [7, 11) is 0. The fraction of sp³-hybridized carbons (Fsp3) is 0.400. The van der Waals surface area contributed by atoms with Crippen molar-refractivity contribution in [3.8, 4) is 17.8 Å². The lowest BCUT2D eigenvalue weighted by molar-refractivity contribution is 0.218. The molecular weight excluding hydrogens is 268 g/mol. The van der Waals surface area contributed by atoms with Crippen LogP contribution in [0.1, 0.15) is 30.5 Å². The molecule has 1 heterocycles. The zero-order chi connectivity index (χ0) is 15.6. The number of rotatable bonds is 4. The van der Waals surface area contributed by atoms with Gasteiger partial charge in [-0.3, -0.25) is 0 Å². The van der Waals surface area contributed by atoms with Crippen molar-refractivity contribution in [2.75, 3.05) is 5.73 Å². The van der Waals surface area contributed by atoms with Gasteiger partial charge >= 0.3 is 12.0 Å². The average Bonchev–Trinajstić information content (AvgIpc) is 2.33. The van der Waals surface area contributed by atoms with Crippen molar-refractivity contribution in [1.82, 2.24) is 15.0 Å². The van der Waals surface area contributed by atoms with Crippen LogP contribution in [0.5, 0.6) is 17.8 Å². The Morgan fingerprint density at radius 2 is 1.67 bits per heavy atom. The monoisotopic (exact) mass is 288 g/mol. The van der Waals surface area contributed by atoms with E-state index in [0.717, 1.165) is 16.7 Å². The molecule has 112 valence electrons. The summed E-state index contributed by atoms with van der Waals surface area (Å²) < 4.78 is 11.2. The first-order chi connectivity index (χ1) is 9.85. The molecule has 0 amide bonds. The van der Waals surface area contributed by atoms with Crippen molar-refractivity contribution in [2.45, 2.75) is 40.7 Å². The molecule has 2 N–H and O–H groups in total. The Kier molecular flexibility index (Phi) is 4.26. The lowest BCUT2D eigenvalue weighted by atomic mass is 10.1. The molecule has 0 unspecified atom stereocenters. The standard InChI is InChI=1S/C15H20N4O2/c1-8(2)20-14-17-13(16)18-15(19-14)21-12-7-9(3)6-10(4)11(12)5/h6-8H,1-5H3,(H2,16,17,18,19). The average molecular weight is 288 g/mol. The topological polar surface area (TPSA) is 83.2 Å². The van der Waals surface area contributed by atoms with Crippen molar-refractivity contribution >= 4 is 5.95 Å². The highest BCUT2D eigenvalue weighted by atomic mass is 16.5. The van der Waals surface area contributed by atoms with Gasteiger partial charge in [0.15, 0.2) is 0 Å². The molecular formula is C15H20N4O2. The van der Waals surface area contributed by atoms with E-state index in [0.29, 0.717) is 5.75 Å². The molecule has 0 saturated carbocycles. The van der Waals surface area contributed by atoms with Crippen LogP contribution in [-0.4, -0.2) is 21.1 Å². The van der Waals surface area contributed by atoms with Crippen LogP contribution in [0.15, 0.2) is 12.1 Å². The van der Waals surface area contributed by atoms with Crippen molar-refractivity contribution in [3.63, 3.8) is 0 Å². The number of aryl methyl sites for hydroxylation is 2. The second-order valence-electron chi connectivity index (χ2n) is 5.23. The smallest absolute Gasteiger partial charge is 0.330 e. The van der Waals surface area contributed by atoms with Gasteiger partial charge in [-0.05, 0) is 57.4 Å². The maximum Gasteiger partial charge on any atom is 0.330 e. The predicted octanol–water partition coefficient (Wildman–Crippen LogP) is 2.96. The van der Waals surface area contributed by atoms with E-state index in [4.69, 9.17) is 15.2 Å². The lowest BCUT2D eigenvalue weighted by Gasteiger charge is -2.12. The molecule has 2 aromatic rings. The molecule has 2 rings (SSSR count). The molecule has 0 saturated heterocycles. The van der Waals surface area contributed by atoms with E-state index in [2.05, 4.69) is 21.0 Å². The van der Waals surface area contributed by atoms with Crippen LogP contribution in [0.3, 0.4) is 0 Å². The molecule has 6 heteroatoms. The van der Waals surface area contributed by atoms with E-state index in [1.54, 1.807) is 0 Å². The molecule has 0 aliphatic rings. The molecule has 0 bridgehead atoms. The summed E-state index contributed by atoms with van der Waals surface area (Å²) in [6.45, 7) is 9.79. The molecule has 0 radical (unpaired) electrons. The summed E-state index contributed by atoms with van der Waals surface area (Å²) in [6.07, 6.45) is -0.0531. The molecule has 21 heavy (non-hydrogen) atoms. The van der Waals surface area contributed by atoms with E-state index in [1.165, 1.54) is 0 Å². The molecule has 1 aromatic carbocycles. The third-order valence-electron chi connectivity index (χ3n) is 2.92. The Labute approximate surface area is 124 Å². The van der Waals surface area contributed by atoms with Gasteiger partial charge in [0.2, 0.25) is 5.95 Å². The third-order valence-corrected chi connectivity index (χ3v) is 2.92. The maximum atomic E-state index is 5.75. The van der Waals surface area contributed by atoms with Crippen LogP contribution < -0.4 is 15.2 Å². The van der Waals surface area contributed by atoms with Crippen LogP contribution in [-0.2, 0) is 0 Å². The van der Waals surface area contributed by atoms with E-state index >= 15 is 0 Å². The predicted molar refractivity (Wildman–Crippen MR) is 80.7 cm³/mol. The Hall–Kier alpha value is -2.37. The van der Waals surface area contributed by atoms with Crippen molar-refractivity contribution in [2.24, 2.45) is 0 Å². The van der Waals surface area contributed by atoms with E-state index < -0.39 is 0 Å². The first kappa shape index (κ1) is 15.0. The number of nitrogens with zero attached hydrogens (tertiary/aromatic N) is 3. The van der Waals surface area contributed by atoms with Crippen LogP contribution >= 0.6 is 0 Å². The van der Waals surface area contributed by atoms with Gasteiger partial charge in [0.1, 0.15) is 5.75 Å². The molecule has 6 nitrogen and oxygen atoms in total. The molecule has 0 atom stereocenters. The van der Waals surface area contributed by atoms with Gasteiger partial charge in [0, 0.05) is 0 Å². The van der Waals surface area contributed by atoms with Crippen LogP contribution in [0.25, 0.3) is 0 Å². The van der Waals surface area contributed by atoms with Gasteiger partial charge < -0.3 is 15.2 Å². The second kappa shape index (κ2) is 5.95. The van der Waals surface area contributed by atoms with Gasteiger partial charge in [-0.2, -0.15) is 9.97 Å². The summed E-state index contributed by atoms with van der Waals surface area (Å²) in [5.74, 6) is 0.770. The van der Waals surface area contributed by atoms with E-state index in [1.807, 2.05) is 40.7 Å². The number of ether oxygens (including phenoxy) is 2. The van der Waals surface area contributed by atoms with Crippen LogP contribution in [0.2, 0.25) is 0 Å². The zero-order valence-electron chi connectivity index (χ0n) is 13.0. The lowest BCUT2D eigenvalue weighted by Crippen LogP contribution is -2.11. The maximum absolute atomic E-state index is 5.75. The van der Waals surface area contributed by atoms with Gasteiger partial charge in [-0.15, -0.1) is 4.98 Å². The van der Waals surface area contributed by atoms with Crippen molar-refractivity contribution in [3.05, 3.63) is 28.8 Å². The normalized spacial score (nSPS) is 10.8. The molecule has 0 aliphatic heterocycles. The highest BCUT2D eigenvalue weighted by Gasteiger charge is 2.11. The molecule has 0 spiro atoms. The minimum absolute atomic E-state index is 0.0531. The Balaban J connectivity index is 2.33. The number of nitrogen functional groups attached to an aromatic ring is 1. The van der Waals surface area contributed by atoms with E-state index in [-0.39, 0.29) is 24.1 Å². The second-order valence-corrected chi connectivity index (χ2v) is 5.23. The first-order valence-electron chi connectivity index (χ1n) is 6.79. The largest absolute Gasteiger partial charge is 0.461 e. The Morgan fingerprint density at radius 3 is 2.33 bits per heavy atom. The highest BCUT2D eigenvalue weighted by Crippen LogP contribution is 2.27. The summed E-state index contributed by atoms with van der Waals surface area (Å²) in [5, 5.41) is 0. The first-order valence-corrected chi connectivity index (χ1v) is 6.79. The summed E-state index contributed by atoms with van der Waals surface area (Å²) >= 11 is 0. The number of hydrogen-bond acceptors (Lipinski definition) is 6. The van der Waals surface area contributed by atoms with Gasteiger partial charge in [-0.25, -0.2) is 0 Å². The van der Waals surface area contributed by atoms with Crippen LogP contribution in [0.4, 0.5) is 5.95 Å². The third kappa shape index (κ3) is 3.81. The SMILES string of the molecule is Cc1cc(C)c(C)c(Oc2nc(N)nc(OC(C)C)n2)c1. The van der Waals surface area contributed by atoms with Crippen molar-refractivity contribution < 1.29 is 9.47 Å². The van der Waals surface area contributed by atoms with Gasteiger partial charge in [0.05, 0.1) is 6.10 Å². The number of benzene rings is 1. The fourth-order valence-electron chi connectivity index (χ4n) is 1.87. The number of hydrogen-bond donors (Lipinski definition) is 1. The Morgan fingerprint density at radius 1 is 1.00 bits per heavy atom. The minimum atomic E-state index is -0.0531. The molecule has 1 aromatic heterocycles. The summed E-state index contributed by atoms with van der Waals surface area (Å²) in [6, 6.07) is 4.32. The Bertz CT molecular complexity index is 656. The van der Waals surface area contributed by atoms with Gasteiger partial charge in [-0.1, -0.05) is 6.07 Å². The van der Waals surface area contributed by atoms with E-state index in [9.17, 15) is 0 Å².